The van der Waals surface area contributed by atoms with Gasteiger partial charge in [0, 0.05) is 19.5 Å². The van der Waals surface area contributed by atoms with E-state index < -0.39 is 0 Å². The van der Waals surface area contributed by atoms with Gasteiger partial charge in [0.05, 0.1) is 13.2 Å². The molecule has 2 aliphatic heterocycles. The van der Waals surface area contributed by atoms with Gasteiger partial charge in [-0.2, -0.15) is 0 Å². The summed E-state index contributed by atoms with van der Waals surface area (Å²) in [6, 6.07) is 0. The van der Waals surface area contributed by atoms with Gasteiger partial charge in [0.25, 0.3) is 0 Å². The molecule has 0 aromatic carbocycles. The zero-order chi connectivity index (χ0) is 6.16. The lowest BCUT2D eigenvalue weighted by molar-refractivity contribution is -0.313. The molecule has 0 aliphatic carbocycles. The minimum Gasteiger partial charge on any atom is -0.348 e. The maximum atomic E-state index is 5.42. The number of hydrogen-bond donors (Lipinski definition) is 1. The Labute approximate surface area is 54.3 Å². The molecule has 52 valence electrons. The highest BCUT2D eigenvalue weighted by Crippen LogP contribution is 2.28. The SMILES string of the molecule is C1COC2(CCO2)CN1. The van der Waals surface area contributed by atoms with Crippen LogP contribution in [0.5, 0.6) is 0 Å². The van der Waals surface area contributed by atoms with Gasteiger partial charge in [0.15, 0.2) is 5.79 Å². The van der Waals surface area contributed by atoms with Crippen LogP contribution < -0.4 is 5.32 Å². The monoisotopic (exact) mass is 129 g/mol. The fourth-order valence-electron chi connectivity index (χ4n) is 1.22. The van der Waals surface area contributed by atoms with Crippen molar-refractivity contribution >= 4 is 0 Å². The van der Waals surface area contributed by atoms with Crippen molar-refractivity contribution in [2.45, 2.75) is 12.2 Å². The fourth-order valence-corrected chi connectivity index (χ4v) is 1.22. The summed E-state index contributed by atoms with van der Waals surface area (Å²) in [5.74, 6) is -0.210. The minimum atomic E-state index is -0.210. The molecule has 2 rings (SSSR count). The normalized spacial score (nSPS) is 42.7. The van der Waals surface area contributed by atoms with Crippen molar-refractivity contribution in [3.8, 4) is 0 Å². The third-order valence-corrected chi connectivity index (χ3v) is 1.89. The Bertz CT molecular complexity index is 104. The molecule has 9 heavy (non-hydrogen) atoms. The van der Waals surface area contributed by atoms with Gasteiger partial charge >= 0.3 is 0 Å². The number of nitrogens with one attached hydrogen (secondary N) is 1. The van der Waals surface area contributed by atoms with E-state index in [1.807, 2.05) is 0 Å². The van der Waals surface area contributed by atoms with Crippen molar-refractivity contribution in [2.24, 2.45) is 0 Å². The molecule has 0 amide bonds. The molecule has 0 aromatic rings. The summed E-state index contributed by atoms with van der Waals surface area (Å²) in [6.45, 7) is 3.49. The van der Waals surface area contributed by atoms with Gasteiger partial charge < -0.3 is 14.8 Å². The maximum absolute atomic E-state index is 5.42. The van der Waals surface area contributed by atoms with Crippen molar-refractivity contribution in [3.05, 3.63) is 0 Å². The Balaban J connectivity index is 1.93. The van der Waals surface area contributed by atoms with E-state index in [0.717, 1.165) is 32.7 Å². The van der Waals surface area contributed by atoms with E-state index in [1.54, 1.807) is 0 Å². The number of hydrogen-bond acceptors (Lipinski definition) is 3. The van der Waals surface area contributed by atoms with Gasteiger partial charge in [0.1, 0.15) is 0 Å². The van der Waals surface area contributed by atoms with E-state index in [0.29, 0.717) is 0 Å². The van der Waals surface area contributed by atoms with Crippen LogP contribution >= 0.6 is 0 Å². The smallest absolute Gasteiger partial charge is 0.182 e. The number of rotatable bonds is 0. The lowest BCUT2D eigenvalue weighted by Gasteiger charge is -2.44. The zero-order valence-electron chi connectivity index (χ0n) is 5.35. The highest BCUT2D eigenvalue weighted by molar-refractivity contribution is 4.82. The van der Waals surface area contributed by atoms with Crippen LogP contribution in [0.2, 0.25) is 0 Å². The summed E-state index contributed by atoms with van der Waals surface area (Å²) < 4.78 is 10.7. The van der Waals surface area contributed by atoms with E-state index in [9.17, 15) is 0 Å². The van der Waals surface area contributed by atoms with Gasteiger partial charge in [-0.05, 0) is 0 Å². The van der Waals surface area contributed by atoms with Crippen molar-refractivity contribution in [2.75, 3.05) is 26.3 Å². The van der Waals surface area contributed by atoms with Crippen LogP contribution in [-0.4, -0.2) is 32.1 Å². The first-order chi connectivity index (χ1) is 4.41. The summed E-state index contributed by atoms with van der Waals surface area (Å²) in [7, 11) is 0. The standard InChI is InChI=1S/C6H11NO2/c1-3-8-6(1)5-7-2-4-9-6/h7H,1-5H2. The molecule has 2 saturated heterocycles. The first kappa shape index (κ1) is 5.65. The molecule has 1 atom stereocenters. The van der Waals surface area contributed by atoms with Gasteiger partial charge in [-0.3, -0.25) is 0 Å². The number of ether oxygens (including phenoxy) is 2. The Kier molecular flexibility index (Phi) is 1.22. The van der Waals surface area contributed by atoms with Gasteiger partial charge in [0.2, 0.25) is 0 Å². The van der Waals surface area contributed by atoms with Crippen LogP contribution in [0.15, 0.2) is 0 Å². The molecule has 1 spiro atoms. The summed E-state index contributed by atoms with van der Waals surface area (Å²) >= 11 is 0. The van der Waals surface area contributed by atoms with Crippen molar-refractivity contribution in [1.82, 2.24) is 5.32 Å². The van der Waals surface area contributed by atoms with Crippen LogP contribution in [0.3, 0.4) is 0 Å². The Hall–Kier alpha value is -0.120. The molecule has 2 fully saturated rings. The average Bonchev–Trinajstić information content (AvgIpc) is 1.87. The van der Waals surface area contributed by atoms with E-state index >= 15 is 0 Å². The van der Waals surface area contributed by atoms with Crippen LogP contribution in [0, 0.1) is 0 Å². The first-order valence-electron chi connectivity index (χ1n) is 3.40. The maximum Gasteiger partial charge on any atom is 0.182 e. The molecule has 0 aromatic heterocycles. The minimum absolute atomic E-state index is 0.210. The van der Waals surface area contributed by atoms with E-state index in [-0.39, 0.29) is 5.79 Å². The first-order valence-corrected chi connectivity index (χ1v) is 3.40. The largest absolute Gasteiger partial charge is 0.348 e. The van der Waals surface area contributed by atoms with Crippen molar-refractivity contribution in [1.29, 1.82) is 0 Å². The molecule has 0 bridgehead atoms. The lowest BCUT2D eigenvalue weighted by Crippen LogP contribution is -2.57. The lowest BCUT2D eigenvalue weighted by atomic mass is 10.1. The van der Waals surface area contributed by atoms with E-state index in [2.05, 4.69) is 5.32 Å². The fraction of sp³-hybridized carbons (Fsp3) is 1.00. The Morgan fingerprint density at radius 1 is 1.22 bits per heavy atom. The summed E-state index contributed by atoms with van der Waals surface area (Å²) in [5.41, 5.74) is 0. The van der Waals surface area contributed by atoms with Gasteiger partial charge in [-0.15, -0.1) is 0 Å². The van der Waals surface area contributed by atoms with Gasteiger partial charge in [-0.25, -0.2) is 0 Å². The zero-order valence-corrected chi connectivity index (χ0v) is 5.35. The molecule has 2 aliphatic rings. The molecule has 1 unspecified atom stereocenters. The van der Waals surface area contributed by atoms with Crippen LogP contribution in [0.25, 0.3) is 0 Å². The highest BCUT2D eigenvalue weighted by atomic mass is 16.7. The topological polar surface area (TPSA) is 30.5 Å². The molecule has 3 heteroatoms. The second-order valence-corrected chi connectivity index (χ2v) is 2.53. The summed E-state index contributed by atoms with van der Waals surface area (Å²) in [5, 5.41) is 3.23. The third-order valence-electron chi connectivity index (χ3n) is 1.89. The molecular formula is C6H11NO2. The predicted octanol–water partition coefficient (Wildman–Crippen LogP) is -0.277. The van der Waals surface area contributed by atoms with Gasteiger partial charge in [-0.1, -0.05) is 0 Å². The third kappa shape index (κ3) is 0.852. The predicted molar refractivity (Wildman–Crippen MR) is 32.1 cm³/mol. The van der Waals surface area contributed by atoms with E-state index in [4.69, 9.17) is 9.47 Å². The Morgan fingerprint density at radius 2 is 2.00 bits per heavy atom. The summed E-state index contributed by atoms with van der Waals surface area (Å²) in [6.07, 6.45) is 1.06. The molecule has 3 nitrogen and oxygen atoms in total. The Morgan fingerprint density at radius 3 is 2.33 bits per heavy atom. The molecule has 2 heterocycles. The number of morpholine rings is 1. The molecule has 0 radical (unpaired) electrons. The molecular weight excluding hydrogens is 118 g/mol. The second-order valence-electron chi connectivity index (χ2n) is 2.53. The van der Waals surface area contributed by atoms with Crippen molar-refractivity contribution in [3.63, 3.8) is 0 Å². The quantitative estimate of drug-likeness (QED) is 0.488. The highest BCUT2D eigenvalue weighted by Gasteiger charge is 2.40. The second kappa shape index (κ2) is 1.94. The van der Waals surface area contributed by atoms with E-state index in [1.165, 1.54) is 0 Å². The molecule has 1 N–H and O–H groups in total. The van der Waals surface area contributed by atoms with Crippen LogP contribution in [-0.2, 0) is 9.47 Å². The molecule has 0 saturated carbocycles. The summed E-state index contributed by atoms with van der Waals surface area (Å²) in [4.78, 5) is 0. The van der Waals surface area contributed by atoms with Crippen LogP contribution in [0.1, 0.15) is 6.42 Å². The average molecular weight is 129 g/mol. The van der Waals surface area contributed by atoms with Crippen molar-refractivity contribution < 1.29 is 9.47 Å². The van der Waals surface area contributed by atoms with Crippen LogP contribution in [0.4, 0.5) is 0 Å².